The molecule has 0 saturated heterocycles. The summed E-state index contributed by atoms with van der Waals surface area (Å²) in [7, 11) is 0. The standard InChI is InChI=1S/C8H15NO/c1-8(2,3)6-5-7(10)9-4/h4-6H2,1-3H3. The van der Waals surface area contributed by atoms with Crippen molar-refractivity contribution in [2.75, 3.05) is 0 Å². The van der Waals surface area contributed by atoms with Gasteiger partial charge in [-0.15, -0.1) is 0 Å². The number of carbonyl (C=O) groups excluding carboxylic acids is 1. The van der Waals surface area contributed by atoms with E-state index in [0.29, 0.717) is 6.42 Å². The first-order chi connectivity index (χ1) is 4.45. The van der Waals surface area contributed by atoms with Crippen molar-refractivity contribution in [3.8, 4) is 0 Å². The van der Waals surface area contributed by atoms with Crippen LogP contribution in [0.3, 0.4) is 0 Å². The fourth-order valence-electron chi connectivity index (χ4n) is 0.561. The first-order valence-corrected chi connectivity index (χ1v) is 3.45. The van der Waals surface area contributed by atoms with Crippen molar-refractivity contribution >= 4 is 12.6 Å². The zero-order valence-corrected chi connectivity index (χ0v) is 6.98. The summed E-state index contributed by atoms with van der Waals surface area (Å²) in [6, 6.07) is 0. The highest BCUT2D eigenvalue weighted by atomic mass is 16.1. The maximum absolute atomic E-state index is 10.6. The highest BCUT2D eigenvalue weighted by molar-refractivity contribution is 5.80. The van der Waals surface area contributed by atoms with Gasteiger partial charge in [-0.05, 0) is 18.6 Å². The lowest BCUT2D eigenvalue weighted by Gasteiger charge is -2.15. The van der Waals surface area contributed by atoms with Crippen molar-refractivity contribution in [2.45, 2.75) is 33.6 Å². The van der Waals surface area contributed by atoms with Gasteiger partial charge >= 0.3 is 0 Å². The van der Waals surface area contributed by atoms with Crippen LogP contribution in [0, 0.1) is 5.41 Å². The molecule has 0 unspecified atom stereocenters. The first-order valence-electron chi connectivity index (χ1n) is 3.45. The van der Waals surface area contributed by atoms with Crippen molar-refractivity contribution in [2.24, 2.45) is 10.4 Å². The third-order valence-electron chi connectivity index (χ3n) is 1.27. The Morgan fingerprint density at radius 2 is 2.00 bits per heavy atom. The monoisotopic (exact) mass is 141 g/mol. The number of hydrogen-bond donors (Lipinski definition) is 0. The molecule has 0 aliphatic carbocycles. The SMILES string of the molecule is C=NC(=O)CCC(C)(C)C. The largest absolute Gasteiger partial charge is 0.273 e. The molecule has 0 aromatic carbocycles. The van der Waals surface area contributed by atoms with Gasteiger partial charge in [0.1, 0.15) is 0 Å². The molecule has 1 amide bonds. The molecule has 0 rings (SSSR count). The van der Waals surface area contributed by atoms with E-state index in [1.165, 1.54) is 0 Å². The number of carbonyl (C=O) groups is 1. The van der Waals surface area contributed by atoms with Crippen LogP contribution in [-0.4, -0.2) is 12.6 Å². The van der Waals surface area contributed by atoms with Gasteiger partial charge in [0, 0.05) is 6.42 Å². The summed E-state index contributed by atoms with van der Waals surface area (Å²) in [5.74, 6) is -0.102. The van der Waals surface area contributed by atoms with Gasteiger partial charge in [-0.1, -0.05) is 20.8 Å². The van der Waals surface area contributed by atoms with Crippen molar-refractivity contribution in [3.63, 3.8) is 0 Å². The molecule has 0 spiro atoms. The van der Waals surface area contributed by atoms with E-state index in [4.69, 9.17) is 0 Å². The molecule has 2 heteroatoms. The summed E-state index contributed by atoms with van der Waals surface area (Å²) in [5, 5.41) is 0. The number of amides is 1. The normalized spacial score (nSPS) is 11.1. The van der Waals surface area contributed by atoms with Gasteiger partial charge in [-0.2, -0.15) is 0 Å². The van der Waals surface area contributed by atoms with Gasteiger partial charge in [0.05, 0.1) is 0 Å². The Morgan fingerprint density at radius 3 is 2.30 bits per heavy atom. The molecule has 0 saturated carbocycles. The minimum absolute atomic E-state index is 0.102. The Kier molecular flexibility index (Phi) is 3.26. The third-order valence-corrected chi connectivity index (χ3v) is 1.27. The van der Waals surface area contributed by atoms with E-state index in [2.05, 4.69) is 32.5 Å². The molecule has 10 heavy (non-hydrogen) atoms. The van der Waals surface area contributed by atoms with Gasteiger partial charge in [0.25, 0.3) is 0 Å². The Balaban J connectivity index is 3.55. The van der Waals surface area contributed by atoms with Crippen LogP contribution in [0.25, 0.3) is 0 Å². The van der Waals surface area contributed by atoms with E-state index in [-0.39, 0.29) is 11.3 Å². The predicted octanol–water partition coefficient (Wildman–Crippen LogP) is 2.04. The summed E-state index contributed by atoms with van der Waals surface area (Å²) in [5.41, 5.74) is 0.223. The Morgan fingerprint density at radius 1 is 1.50 bits per heavy atom. The molecular weight excluding hydrogens is 126 g/mol. The Bertz CT molecular complexity index is 133. The van der Waals surface area contributed by atoms with Crippen LogP contribution in [0.2, 0.25) is 0 Å². The molecule has 0 N–H and O–H groups in total. The van der Waals surface area contributed by atoms with Crippen molar-refractivity contribution in [1.29, 1.82) is 0 Å². The second kappa shape index (κ2) is 3.49. The van der Waals surface area contributed by atoms with E-state index >= 15 is 0 Å². The number of aliphatic imine (C=N–C) groups is 1. The van der Waals surface area contributed by atoms with Crippen molar-refractivity contribution < 1.29 is 4.79 Å². The van der Waals surface area contributed by atoms with Crippen LogP contribution in [0.1, 0.15) is 33.6 Å². The summed E-state index contributed by atoms with van der Waals surface area (Å²) in [6.07, 6.45) is 1.40. The molecule has 0 radical (unpaired) electrons. The first kappa shape index (κ1) is 9.34. The fraction of sp³-hybridized carbons (Fsp3) is 0.750. The molecule has 0 aromatic heterocycles. The molecule has 58 valence electrons. The Labute approximate surface area is 62.4 Å². The van der Waals surface area contributed by atoms with Gasteiger partial charge in [0.15, 0.2) is 0 Å². The molecule has 2 nitrogen and oxygen atoms in total. The molecule has 0 atom stereocenters. The topological polar surface area (TPSA) is 29.4 Å². The maximum Gasteiger partial charge on any atom is 0.245 e. The van der Waals surface area contributed by atoms with E-state index in [9.17, 15) is 4.79 Å². The van der Waals surface area contributed by atoms with Crippen LogP contribution in [-0.2, 0) is 4.79 Å². The molecular formula is C8H15NO. The average Bonchev–Trinajstić information content (AvgIpc) is 1.81. The maximum atomic E-state index is 10.6. The lowest BCUT2D eigenvalue weighted by molar-refractivity contribution is -0.118. The molecule has 0 aliphatic rings. The smallest absolute Gasteiger partial charge is 0.245 e. The highest BCUT2D eigenvalue weighted by Crippen LogP contribution is 2.20. The number of rotatable bonds is 2. The minimum atomic E-state index is -0.102. The Hall–Kier alpha value is -0.660. The summed E-state index contributed by atoms with van der Waals surface area (Å²) < 4.78 is 0. The molecule has 0 heterocycles. The van der Waals surface area contributed by atoms with Gasteiger partial charge < -0.3 is 0 Å². The average molecular weight is 141 g/mol. The van der Waals surface area contributed by atoms with Crippen molar-refractivity contribution in [1.82, 2.24) is 0 Å². The van der Waals surface area contributed by atoms with Gasteiger partial charge in [-0.3, -0.25) is 4.79 Å². The van der Waals surface area contributed by atoms with Crippen LogP contribution in [0.4, 0.5) is 0 Å². The quantitative estimate of drug-likeness (QED) is 0.541. The predicted molar refractivity (Wildman–Crippen MR) is 43.2 cm³/mol. The van der Waals surface area contributed by atoms with Crippen LogP contribution < -0.4 is 0 Å². The van der Waals surface area contributed by atoms with E-state index in [1.54, 1.807) is 0 Å². The lowest BCUT2D eigenvalue weighted by Crippen LogP contribution is -2.07. The molecule has 0 fully saturated rings. The van der Waals surface area contributed by atoms with E-state index in [0.717, 1.165) is 6.42 Å². The van der Waals surface area contributed by atoms with Gasteiger partial charge in [0.2, 0.25) is 5.91 Å². The second-order valence-corrected chi connectivity index (χ2v) is 3.61. The zero-order valence-electron chi connectivity index (χ0n) is 6.98. The zero-order chi connectivity index (χ0) is 8.20. The summed E-state index contributed by atoms with van der Waals surface area (Å²) in [4.78, 5) is 13.9. The number of nitrogens with zero attached hydrogens (tertiary/aromatic N) is 1. The second-order valence-electron chi connectivity index (χ2n) is 3.61. The third kappa shape index (κ3) is 5.48. The van der Waals surface area contributed by atoms with Crippen molar-refractivity contribution in [3.05, 3.63) is 0 Å². The summed E-state index contributed by atoms with van der Waals surface area (Å²) >= 11 is 0. The van der Waals surface area contributed by atoms with Crippen LogP contribution in [0.15, 0.2) is 4.99 Å². The van der Waals surface area contributed by atoms with E-state index in [1.807, 2.05) is 0 Å². The fourth-order valence-corrected chi connectivity index (χ4v) is 0.561. The summed E-state index contributed by atoms with van der Waals surface area (Å²) in [6.45, 7) is 9.46. The van der Waals surface area contributed by atoms with E-state index < -0.39 is 0 Å². The number of hydrogen-bond acceptors (Lipinski definition) is 1. The minimum Gasteiger partial charge on any atom is -0.273 e. The van der Waals surface area contributed by atoms with Gasteiger partial charge in [-0.25, -0.2) is 4.99 Å². The highest BCUT2D eigenvalue weighted by Gasteiger charge is 2.11. The molecule has 0 aliphatic heterocycles. The van der Waals surface area contributed by atoms with Crippen LogP contribution in [0.5, 0.6) is 0 Å². The molecule has 0 bridgehead atoms. The van der Waals surface area contributed by atoms with Crippen LogP contribution >= 0.6 is 0 Å². The molecule has 0 aromatic rings. The lowest BCUT2D eigenvalue weighted by atomic mass is 9.90.